The molecule has 3 N–H and O–H groups in total. The highest BCUT2D eigenvalue weighted by atomic mass is 19.1. The number of halogens is 1. The summed E-state index contributed by atoms with van der Waals surface area (Å²) in [6, 6.07) is 7.02. The van der Waals surface area contributed by atoms with Crippen LogP contribution in [0.15, 0.2) is 24.3 Å². The zero-order valence-corrected chi connectivity index (χ0v) is 10.6. The molecule has 1 fully saturated rings. The molecule has 1 aromatic rings. The monoisotopic (exact) mass is 252 g/mol. The number of nitrogens with one attached hydrogen (secondary N) is 1. The Bertz CT molecular complexity index is 367. The molecule has 1 aromatic carbocycles. The zero-order valence-electron chi connectivity index (χ0n) is 10.6. The van der Waals surface area contributed by atoms with Crippen LogP contribution in [0.4, 0.5) is 4.39 Å². The second kappa shape index (κ2) is 6.83. The number of ether oxygens (including phenoxy) is 1. The van der Waals surface area contributed by atoms with Crippen LogP contribution < -0.4 is 11.3 Å². The lowest BCUT2D eigenvalue weighted by Crippen LogP contribution is -2.39. The summed E-state index contributed by atoms with van der Waals surface area (Å²) >= 11 is 0. The second-order valence-electron chi connectivity index (χ2n) is 4.95. The number of nitrogens with two attached hydrogens (primary N) is 1. The lowest BCUT2D eigenvalue weighted by molar-refractivity contribution is 0.0605. The molecule has 1 saturated heterocycles. The summed E-state index contributed by atoms with van der Waals surface area (Å²) in [6.07, 6.45) is 3.78. The highest BCUT2D eigenvalue weighted by Gasteiger charge is 2.19. The van der Waals surface area contributed by atoms with Gasteiger partial charge in [0.1, 0.15) is 5.82 Å². The molecule has 0 aliphatic carbocycles. The van der Waals surface area contributed by atoms with Crippen LogP contribution in [0.3, 0.4) is 0 Å². The van der Waals surface area contributed by atoms with Crippen LogP contribution in [-0.2, 0) is 11.2 Å². The average Bonchev–Trinajstić information content (AvgIpc) is 2.41. The highest BCUT2D eigenvalue weighted by molar-refractivity contribution is 5.18. The van der Waals surface area contributed by atoms with E-state index in [0.717, 1.165) is 38.0 Å². The third-order valence-electron chi connectivity index (χ3n) is 3.62. The van der Waals surface area contributed by atoms with E-state index in [-0.39, 0.29) is 11.9 Å². The van der Waals surface area contributed by atoms with E-state index in [1.54, 1.807) is 6.07 Å². The normalized spacial score (nSPS) is 18.8. The predicted molar refractivity (Wildman–Crippen MR) is 69.4 cm³/mol. The Labute approximate surface area is 107 Å². The van der Waals surface area contributed by atoms with Gasteiger partial charge in [-0.3, -0.25) is 11.3 Å². The van der Waals surface area contributed by atoms with Crippen molar-refractivity contribution in [3.8, 4) is 0 Å². The van der Waals surface area contributed by atoms with Gasteiger partial charge < -0.3 is 4.74 Å². The molecule has 1 aliphatic rings. The molecule has 1 unspecified atom stereocenters. The minimum Gasteiger partial charge on any atom is -0.381 e. The quantitative estimate of drug-likeness (QED) is 0.622. The van der Waals surface area contributed by atoms with Gasteiger partial charge in [-0.1, -0.05) is 18.2 Å². The Morgan fingerprint density at radius 3 is 2.72 bits per heavy atom. The fraction of sp³-hybridized carbons (Fsp3) is 0.571. The van der Waals surface area contributed by atoms with Gasteiger partial charge in [-0.05, 0) is 43.2 Å². The van der Waals surface area contributed by atoms with E-state index in [2.05, 4.69) is 5.43 Å². The van der Waals surface area contributed by atoms with Gasteiger partial charge in [-0.15, -0.1) is 0 Å². The molecule has 2 rings (SSSR count). The second-order valence-corrected chi connectivity index (χ2v) is 4.95. The molecule has 0 aromatic heterocycles. The Kier molecular flexibility index (Phi) is 5.11. The van der Waals surface area contributed by atoms with Crippen molar-refractivity contribution in [3.05, 3.63) is 35.6 Å². The van der Waals surface area contributed by atoms with Gasteiger partial charge in [0.2, 0.25) is 0 Å². The van der Waals surface area contributed by atoms with Crippen LogP contribution in [0.1, 0.15) is 24.8 Å². The van der Waals surface area contributed by atoms with E-state index in [0.29, 0.717) is 12.3 Å². The molecular formula is C14H21FN2O. The fourth-order valence-corrected chi connectivity index (χ4v) is 2.52. The molecule has 100 valence electrons. The lowest BCUT2D eigenvalue weighted by Gasteiger charge is -2.26. The highest BCUT2D eigenvalue weighted by Crippen LogP contribution is 2.22. The van der Waals surface area contributed by atoms with Gasteiger partial charge in [-0.25, -0.2) is 4.39 Å². The van der Waals surface area contributed by atoms with Crippen molar-refractivity contribution >= 4 is 0 Å². The van der Waals surface area contributed by atoms with Gasteiger partial charge in [0, 0.05) is 19.3 Å². The first-order chi connectivity index (χ1) is 8.79. The number of rotatable bonds is 5. The van der Waals surface area contributed by atoms with Gasteiger partial charge in [0.25, 0.3) is 0 Å². The van der Waals surface area contributed by atoms with Gasteiger partial charge in [0.15, 0.2) is 0 Å². The van der Waals surface area contributed by atoms with Gasteiger partial charge >= 0.3 is 0 Å². The van der Waals surface area contributed by atoms with Gasteiger partial charge in [0.05, 0.1) is 0 Å². The topological polar surface area (TPSA) is 47.3 Å². The summed E-state index contributed by atoms with van der Waals surface area (Å²) in [5.41, 5.74) is 3.55. The molecule has 1 atom stereocenters. The average molecular weight is 252 g/mol. The van der Waals surface area contributed by atoms with E-state index in [9.17, 15) is 4.39 Å². The van der Waals surface area contributed by atoms with Crippen LogP contribution in [0.25, 0.3) is 0 Å². The predicted octanol–water partition coefficient (Wildman–Crippen LogP) is 2.02. The van der Waals surface area contributed by atoms with Crippen molar-refractivity contribution in [1.29, 1.82) is 0 Å². The van der Waals surface area contributed by atoms with Crippen LogP contribution in [0.2, 0.25) is 0 Å². The first kappa shape index (κ1) is 13.5. The van der Waals surface area contributed by atoms with Crippen molar-refractivity contribution in [2.24, 2.45) is 11.8 Å². The van der Waals surface area contributed by atoms with Crippen molar-refractivity contribution in [3.63, 3.8) is 0 Å². The summed E-state index contributed by atoms with van der Waals surface area (Å²) in [7, 11) is 0. The number of benzene rings is 1. The van der Waals surface area contributed by atoms with Crippen molar-refractivity contribution in [2.45, 2.75) is 31.7 Å². The summed E-state index contributed by atoms with van der Waals surface area (Å²) in [5.74, 6) is 6.07. The summed E-state index contributed by atoms with van der Waals surface area (Å²) in [5, 5.41) is 0. The number of hydrogen-bond donors (Lipinski definition) is 2. The molecule has 0 amide bonds. The molecule has 4 heteroatoms. The molecule has 3 nitrogen and oxygen atoms in total. The largest absolute Gasteiger partial charge is 0.381 e. The molecule has 18 heavy (non-hydrogen) atoms. The van der Waals surface area contributed by atoms with Crippen LogP contribution in [0, 0.1) is 11.7 Å². The maximum absolute atomic E-state index is 13.6. The molecule has 0 bridgehead atoms. The molecular weight excluding hydrogens is 231 g/mol. The van der Waals surface area contributed by atoms with Crippen molar-refractivity contribution in [1.82, 2.24) is 5.43 Å². The van der Waals surface area contributed by atoms with E-state index in [4.69, 9.17) is 10.6 Å². The third-order valence-corrected chi connectivity index (χ3v) is 3.62. The molecule has 1 aliphatic heterocycles. The molecule has 0 radical (unpaired) electrons. The van der Waals surface area contributed by atoms with Crippen molar-refractivity contribution < 1.29 is 9.13 Å². The molecule has 1 heterocycles. The SMILES string of the molecule is NNC(Cc1ccccc1F)CC1CCOCC1. The fourth-order valence-electron chi connectivity index (χ4n) is 2.52. The van der Waals surface area contributed by atoms with E-state index in [1.165, 1.54) is 6.07 Å². The maximum atomic E-state index is 13.6. The van der Waals surface area contributed by atoms with E-state index >= 15 is 0 Å². The third kappa shape index (κ3) is 3.77. The molecule has 0 spiro atoms. The minimum atomic E-state index is -0.148. The van der Waals surface area contributed by atoms with Crippen LogP contribution in [0.5, 0.6) is 0 Å². The van der Waals surface area contributed by atoms with Crippen LogP contribution >= 0.6 is 0 Å². The van der Waals surface area contributed by atoms with E-state index < -0.39 is 0 Å². The molecule has 0 saturated carbocycles. The lowest BCUT2D eigenvalue weighted by atomic mass is 9.90. The Balaban J connectivity index is 1.90. The Morgan fingerprint density at radius 2 is 2.06 bits per heavy atom. The maximum Gasteiger partial charge on any atom is 0.126 e. The van der Waals surface area contributed by atoms with Crippen LogP contribution in [-0.4, -0.2) is 19.3 Å². The summed E-state index contributed by atoms with van der Waals surface area (Å²) in [6.45, 7) is 1.67. The summed E-state index contributed by atoms with van der Waals surface area (Å²) < 4.78 is 18.9. The minimum absolute atomic E-state index is 0.130. The first-order valence-electron chi connectivity index (χ1n) is 6.57. The first-order valence-corrected chi connectivity index (χ1v) is 6.57. The Morgan fingerprint density at radius 1 is 1.33 bits per heavy atom. The standard InChI is InChI=1S/C14H21FN2O/c15-14-4-2-1-3-12(14)10-13(17-16)9-11-5-7-18-8-6-11/h1-4,11,13,17H,5-10,16H2. The Hall–Kier alpha value is -0.970. The van der Waals surface area contributed by atoms with Gasteiger partial charge in [-0.2, -0.15) is 0 Å². The van der Waals surface area contributed by atoms with Crippen molar-refractivity contribution in [2.75, 3.05) is 13.2 Å². The zero-order chi connectivity index (χ0) is 12.8. The number of hydrogen-bond acceptors (Lipinski definition) is 3. The smallest absolute Gasteiger partial charge is 0.126 e. The summed E-state index contributed by atoms with van der Waals surface area (Å²) in [4.78, 5) is 0. The van der Waals surface area contributed by atoms with E-state index in [1.807, 2.05) is 12.1 Å². The number of hydrazine groups is 1.